The number of aromatic hydroxyl groups is 1. The number of amides is 1. The summed E-state index contributed by atoms with van der Waals surface area (Å²) in [7, 11) is 0. The highest BCUT2D eigenvalue weighted by Gasteiger charge is 2.25. The van der Waals surface area contributed by atoms with E-state index in [0.29, 0.717) is 17.1 Å². The van der Waals surface area contributed by atoms with Crippen LogP contribution in [0, 0.1) is 5.41 Å². The Bertz CT molecular complexity index is 439. The summed E-state index contributed by atoms with van der Waals surface area (Å²) in [6.45, 7) is 4.80. The molecule has 3 nitrogen and oxygen atoms in total. The molecule has 1 aromatic carbocycles. The highest BCUT2D eigenvalue weighted by atomic mass is 79.9. The molecule has 0 aromatic heterocycles. The zero-order valence-electron chi connectivity index (χ0n) is 11.2. The van der Waals surface area contributed by atoms with Crippen molar-refractivity contribution in [3.63, 3.8) is 0 Å². The van der Waals surface area contributed by atoms with Gasteiger partial charge in [-0.1, -0.05) is 41.4 Å². The third-order valence-corrected chi connectivity index (χ3v) is 5.12. The molecule has 0 atom stereocenters. The summed E-state index contributed by atoms with van der Waals surface area (Å²) in [5, 5.41) is 13.5. The van der Waals surface area contributed by atoms with Crippen LogP contribution >= 0.6 is 27.5 Å². The van der Waals surface area contributed by atoms with Crippen molar-refractivity contribution in [2.75, 3.05) is 11.9 Å². The van der Waals surface area contributed by atoms with Gasteiger partial charge in [0, 0.05) is 11.9 Å². The molecular weight excluding hydrogens is 330 g/mol. The molecule has 0 aliphatic carbocycles. The van der Waals surface area contributed by atoms with Crippen LogP contribution in [0.5, 0.6) is 5.75 Å². The number of phenols is 1. The van der Waals surface area contributed by atoms with Gasteiger partial charge >= 0.3 is 0 Å². The van der Waals surface area contributed by atoms with Gasteiger partial charge in [-0.05, 0) is 36.5 Å². The number of nitrogens with one attached hydrogen (secondary N) is 1. The molecule has 0 bridgehead atoms. The van der Waals surface area contributed by atoms with E-state index in [1.54, 1.807) is 0 Å². The SMILES string of the molecule is CCC(CC)(CBr)CNC(=O)c1cc(O)ccc1Cl. The largest absolute Gasteiger partial charge is 0.508 e. The number of hydrogen-bond donors (Lipinski definition) is 2. The van der Waals surface area contributed by atoms with Crippen molar-refractivity contribution in [2.45, 2.75) is 26.7 Å². The summed E-state index contributed by atoms with van der Waals surface area (Å²) in [4.78, 5) is 12.1. The summed E-state index contributed by atoms with van der Waals surface area (Å²) in [6, 6.07) is 4.36. The average molecular weight is 349 g/mol. The van der Waals surface area contributed by atoms with Crippen molar-refractivity contribution in [2.24, 2.45) is 5.41 Å². The van der Waals surface area contributed by atoms with Crippen molar-refractivity contribution < 1.29 is 9.90 Å². The molecule has 5 heteroatoms. The van der Waals surface area contributed by atoms with E-state index in [9.17, 15) is 9.90 Å². The first kappa shape index (κ1) is 16.3. The number of carbonyl (C=O) groups is 1. The van der Waals surface area contributed by atoms with Crippen molar-refractivity contribution >= 4 is 33.4 Å². The molecule has 0 spiro atoms. The highest BCUT2D eigenvalue weighted by molar-refractivity contribution is 9.09. The second kappa shape index (κ2) is 7.15. The highest BCUT2D eigenvalue weighted by Crippen LogP contribution is 2.28. The van der Waals surface area contributed by atoms with Gasteiger partial charge in [0.25, 0.3) is 5.91 Å². The van der Waals surface area contributed by atoms with E-state index < -0.39 is 0 Å². The van der Waals surface area contributed by atoms with Crippen LogP contribution in [0.4, 0.5) is 0 Å². The van der Waals surface area contributed by atoms with E-state index in [0.717, 1.165) is 18.2 Å². The van der Waals surface area contributed by atoms with Crippen LogP contribution in [0.3, 0.4) is 0 Å². The minimum atomic E-state index is -0.256. The second-order valence-electron chi connectivity index (χ2n) is 4.69. The molecule has 0 saturated heterocycles. The van der Waals surface area contributed by atoms with E-state index in [2.05, 4.69) is 35.1 Å². The van der Waals surface area contributed by atoms with Crippen molar-refractivity contribution in [3.05, 3.63) is 28.8 Å². The van der Waals surface area contributed by atoms with E-state index in [1.807, 2.05) is 0 Å². The van der Waals surface area contributed by atoms with Crippen LogP contribution in [0.25, 0.3) is 0 Å². The normalized spacial score (nSPS) is 11.4. The number of phenolic OH excluding ortho intramolecular Hbond substituents is 1. The number of hydrogen-bond acceptors (Lipinski definition) is 2. The molecule has 1 amide bonds. The van der Waals surface area contributed by atoms with E-state index in [4.69, 9.17) is 11.6 Å². The fraction of sp³-hybridized carbons (Fsp3) is 0.500. The lowest BCUT2D eigenvalue weighted by atomic mass is 9.84. The van der Waals surface area contributed by atoms with Gasteiger partial charge in [-0.2, -0.15) is 0 Å². The lowest BCUT2D eigenvalue weighted by Crippen LogP contribution is -2.38. The van der Waals surface area contributed by atoms with Crippen molar-refractivity contribution in [1.82, 2.24) is 5.32 Å². The van der Waals surface area contributed by atoms with Gasteiger partial charge in [-0.15, -0.1) is 0 Å². The van der Waals surface area contributed by atoms with E-state index in [-0.39, 0.29) is 17.1 Å². The van der Waals surface area contributed by atoms with Crippen LogP contribution in [0.2, 0.25) is 5.02 Å². The molecule has 1 aromatic rings. The average Bonchev–Trinajstić information content (AvgIpc) is 2.43. The van der Waals surface area contributed by atoms with Gasteiger partial charge in [-0.3, -0.25) is 4.79 Å². The molecule has 2 N–H and O–H groups in total. The zero-order valence-corrected chi connectivity index (χ0v) is 13.5. The standard InChI is InChI=1S/C14H19BrClNO2/c1-3-14(4-2,8-15)9-17-13(19)11-7-10(18)5-6-12(11)16/h5-7,18H,3-4,8-9H2,1-2H3,(H,17,19). The van der Waals surface area contributed by atoms with Gasteiger partial charge in [0.2, 0.25) is 0 Å². The Labute approximate surface area is 127 Å². The number of carbonyl (C=O) groups excluding carboxylic acids is 1. The fourth-order valence-electron chi connectivity index (χ4n) is 1.79. The van der Waals surface area contributed by atoms with Gasteiger partial charge in [-0.25, -0.2) is 0 Å². The first-order valence-electron chi connectivity index (χ1n) is 6.30. The summed E-state index contributed by atoms with van der Waals surface area (Å²) in [5.74, 6) is -0.222. The number of halogens is 2. The molecule has 0 heterocycles. The maximum Gasteiger partial charge on any atom is 0.252 e. The van der Waals surface area contributed by atoms with Gasteiger partial charge < -0.3 is 10.4 Å². The van der Waals surface area contributed by atoms with Crippen molar-refractivity contribution in [1.29, 1.82) is 0 Å². The number of rotatable bonds is 6. The molecule has 0 radical (unpaired) electrons. The molecule has 0 fully saturated rings. The van der Waals surface area contributed by atoms with Crippen LogP contribution in [0.15, 0.2) is 18.2 Å². The maximum absolute atomic E-state index is 12.1. The Morgan fingerprint density at radius 3 is 2.58 bits per heavy atom. The molecule has 19 heavy (non-hydrogen) atoms. The lowest BCUT2D eigenvalue weighted by molar-refractivity contribution is 0.0932. The second-order valence-corrected chi connectivity index (χ2v) is 5.66. The minimum absolute atomic E-state index is 0.0345. The molecule has 0 saturated carbocycles. The van der Waals surface area contributed by atoms with Crippen LogP contribution in [-0.4, -0.2) is 22.9 Å². The first-order valence-corrected chi connectivity index (χ1v) is 7.80. The minimum Gasteiger partial charge on any atom is -0.508 e. The van der Waals surface area contributed by atoms with Gasteiger partial charge in [0.05, 0.1) is 10.6 Å². The summed E-state index contributed by atoms with van der Waals surface area (Å²) < 4.78 is 0. The smallest absolute Gasteiger partial charge is 0.252 e. The number of alkyl halides is 1. The Morgan fingerprint density at radius 1 is 1.42 bits per heavy atom. The Hall–Kier alpha value is -0.740. The summed E-state index contributed by atoms with van der Waals surface area (Å²) in [6.07, 6.45) is 1.95. The molecule has 0 aliphatic rings. The Balaban J connectivity index is 2.77. The number of benzene rings is 1. The van der Waals surface area contributed by atoms with E-state index in [1.165, 1.54) is 18.2 Å². The van der Waals surface area contributed by atoms with Gasteiger partial charge in [0.1, 0.15) is 5.75 Å². The Morgan fingerprint density at radius 2 is 2.05 bits per heavy atom. The Kier molecular flexibility index (Phi) is 6.14. The summed E-state index contributed by atoms with van der Waals surface area (Å²) in [5.41, 5.74) is 0.358. The van der Waals surface area contributed by atoms with Crippen LogP contribution in [0.1, 0.15) is 37.0 Å². The third-order valence-electron chi connectivity index (χ3n) is 3.60. The monoisotopic (exact) mass is 347 g/mol. The maximum atomic E-state index is 12.1. The topological polar surface area (TPSA) is 49.3 Å². The van der Waals surface area contributed by atoms with Gasteiger partial charge in [0.15, 0.2) is 0 Å². The molecule has 1 rings (SSSR count). The predicted octanol–water partition coefficient (Wildman–Crippen LogP) is 3.98. The molecule has 106 valence electrons. The first-order chi connectivity index (χ1) is 8.98. The fourth-order valence-corrected chi connectivity index (χ4v) is 2.98. The zero-order chi connectivity index (χ0) is 14.5. The quantitative estimate of drug-likeness (QED) is 0.764. The van der Waals surface area contributed by atoms with Crippen molar-refractivity contribution in [3.8, 4) is 5.75 Å². The molecular formula is C14H19BrClNO2. The summed E-state index contributed by atoms with van der Waals surface area (Å²) >= 11 is 9.47. The molecule has 0 unspecified atom stereocenters. The third kappa shape index (κ3) is 4.11. The predicted molar refractivity (Wildman–Crippen MR) is 82.3 cm³/mol. The lowest BCUT2D eigenvalue weighted by Gasteiger charge is -2.29. The molecule has 0 aliphatic heterocycles. The van der Waals surface area contributed by atoms with Crippen LogP contribution < -0.4 is 5.32 Å². The van der Waals surface area contributed by atoms with E-state index >= 15 is 0 Å². The van der Waals surface area contributed by atoms with Crippen LogP contribution in [-0.2, 0) is 0 Å².